The highest BCUT2D eigenvalue weighted by Crippen LogP contribution is 2.26. The summed E-state index contributed by atoms with van der Waals surface area (Å²) in [6.07, 6.45) is 7.56. The first-order valence-corrected chi connectivity index (χ1v) is 14.1. The van der Waals surface area contributed by atoms with Gasteiger partial charge < -0.3 is 24.4 Å². The smallest absolute Gasteiger partial charge is 0.322 e. The molecule has 7 heteroatoms. The Balaban J connectivity index is 1.53. The molecule has 1 saturated carbocycles. The lowest BCUT2D eigenvalue weighted by molar-refractivity contribution is -0.135. The van der Waals surface area contributed by atoms with E-state index in [1.54, 1.807) is 18.1 Å². The second kappa shape index (κ2) is 13.9. The fourth-order valence-electron chi connectivity index (χ4n) is 5.37. The fraction of sp³-hybridized carbons (Fsp3) is 0.438. The molecule has 4 rings (SSSR count). The van der Waals surface area contributed by atoms with Crippen LogP contribution in [0.2, 0.25) is 0 Å². The molecule has 0 saturated heterocycles. The van der Waals surface area contributed by atoms with Crippen molar-refractivity contribution in [3.8, 4) is 5.75 Å². The highest BCUT2D eigenvalue weighted by atomic mass is 16.5. The predicted octanol–water partition coefficient (Wildman–Crippen LogP) is 6.40. The van der Waals surface area contributed by atoms with E-state index in [4.69, 9.17) is 4.74 Å². The van der Waals surface area contributed by atoms with Crippen molar-refractivity contribution in [1.29, 1.82) is 0 Å². The summed E-state index contributed by atoms with van der Waals surface area (Å²) in [4.78, 5) is 31.1. The number of nitrogens with one attached hydrogen (secondary N) is 1. The minimum absolute atomic E-state index is 0.00909. The van der Waals surface area contributed by atoms with Crippen LogP contribution in [-0.4, -0.2) is 52.5 Å². The molecule has 7 nitrogen and oxygen atoms in total. The molecule has 1 aliphatic carbocycles. The van der Waals surface area contributed by atoms with Gasteiger partial charge in [-0.25, -0.2) is 4.79 Å². The van der Waals surface area contributed by atoms with Gasteiger partial charge in [0, 0.05) is 31.0 Å². The van der Waals surface area contributed by atoms with Crippen LogP contribution in [0, 0.1) is 5.92 Å². The van der Waals surface area contributed by atoms with Crippen LogP contribution in [0.1, 0.15) is 57.2 Å². The van der Waals surface area contributed by atoms with E-state index in [-0.39, 0.29) is 30.4 Å². The molecular weight excluding hydrogens is 488 g/mol. The number of benzene rings is 2. The summed E-state index contributed by atoms with van der Waals surface area (Å²) in [5, 5.41) is 2.96. The highest BCUT2D eigenvalue weighted by molar-refractivity contribution is 5.93. The minimum atomic E-state index is -0.294. The van der Waals surface area contributed by atoms with Gasteiger partial charge in [-0.15, -0.1) is 0 Å². The van der Waals surface area contributed by atoms with Gasteiger partial charge in [-0.05, 0) is 48.6 Å². The molecule has 1 fully saturated rings. The van der Waals surface area contributed by atoms with Crippen LogP contribution in [0.4, 0.5) is 10.5 Å². The first-order valence-electron chi connectivity index (χ1n) is 14.1. The first kappa shape index (κ1) is 28.3. The van der Waals surface area contributed by atoms with E-state index in [1.807, 2.05) is 35.2 Å². The van der Waals surface area contributed by atoms with Crippen LogP contribution in [-0.2, 0) is 17.9 Å². The number of nitrogens with zero attached hydrogens (tertiary/aromatic N) is 3. The van der Waals surface area contributed by atoms with Crippen LogP contribution in [0.3, 0.4) is 0 Å². The lowest BCUT2D eigenvalue weighted by atomic mass is 9.94. The number of amides is 3. The summed E-state index contributed by atoms with van der Waals surface area (Å²) in [6.45, 7) is 5.93. The second-order valence-corrected chi connectivity index (χ2v) is 10.8. The first-order chi connectivity index (χ1) is 18.9. The lowest BCUT2D eigenvalue weighted by Crippen LogP contribution is -2.49. The van der Waals surface area contributed by atoms with E-state index in [2.05, 4.69) is 60.3 Å². The lowest BCUT2D eigenvalue weighted by Gasteiger charge is -2.36. The Morgan fingerprint density at radius 1 is 0.974 bits per heavy atom. The normalized spacial score (nSPS) is 13.7. The van der Waals surface area contributed by atoms with E-state index < -0.39 is 0 Å². The average molecular weight is 531 g/mol. The summed E-state index contributed by atoms with van der Waals surface area (Å²) in [6, 6.07) is 21.7. The SMILES string of the molecule is COc1ccccc1NC(=O)N(CC(=O)N(Cc1cccn1Cc1ccccc1)C1CCCCC1)CC(C)C. The number of carbonyl (C=O) groups excluding carboxylic acids is 2. The number of anilines is 1. The largest absolute Gasteiger partial charge is 0.495 e. The maximum atomic E-state index is 14.0. The number of aromatic nitrogens is 1. The molecule has 2 aromatic carbocycles. The third-order valence-corrected chi connectivity index (χ3v) is 7.33. The van der Waals surface area contributed by atoms with Crippen molar-refractivity contribution in [3.05, 3.63) is 84.2 Å². The monoisotopic (exact) mass is 530 g/mol. The van der Waals surface area contributed by atoms with Gasteiger partial charge >= 0.3 is 6.03 Å². The van der Waals surface area contributed by atoms with E-state index >= 15 is 0 Å². The fourth-order valence-corrected chi connectivity index (χ4v) is 5.37. The Morgan fingerprint density at radius 3 is 2.41 bits per heavy atom. The number of ether oxygens (including phenoxy) is 1. The zero-order chi connectivity index (χ0) is 27.6. The minimum Gasteiger partial charge on any atom is -0.495 e. The summed E-state index contributed by atoms with van der Waals surface area (Å²) in [7, 11) is 1.58. The molecule has 208 valence electrons. The van der Waals surface area contributed by atoms with Gasteiger partial charge in [-0.3, -0.25) is 4.79 Å². The molecule has 3 aromatic rings. The van der Waals surface area contributed by atoms with Crippen LogP contribution in [0.5, 0.6) is 5.75 Å². The Labute approximate surface area is 232 Å². The Morgan fingerprint density at radius 2 is 1.69 bits per heavy atom. The van der Waals surface area contributed by atoms with Gasteiger partial charge in [0.15, 0.2) is 0 Å². The van der Waals surface area contributed by atoms with Crippen molar-refractivity contribution in [2.75, 3.05) is 25.5 Å². The van der Waals surface area contributed by atoms with Gasteiger partial charge in [-0.1, -0.05) is 75.6 Å². The number of urea groups is 1. The number of hydrogen-bond donors (Lipinski definition) is 1. The summed E-state index contributed by atoms with van der Waals surface area (Å²) >= 11 is 0. The Kier molecular flexibility index (Phi) is 10.1. The molecule has 0 atom stereocenters. The maximum Gasteiger partial charge on any atom is 0.322 e. The third-order valence-electron chi connectivity index (χ3n) is 7.33. The molecule has 3 amide bonds. The van der Waals surface area contributed by atoms with E-state index in [0.29, 0.717) is 24.5 Å². The van der Waals surface area contributed by atoms with E-state index in [1.165, 1.54) is 12.0 Å². The molecule has 0 aliphatic heterocycles. The molecule has 1 aromatic heterocycles. The molecular formula is C32H42N4O3. The predicted molar refractivity (Wildman–Crippen MR) is 156 cm³/mol. The molecule has 0 radical (unpaired) electrons. The number of rotatable bonds is 11. The van der Waals surface area contributed by atoms with Gasteiger partial charge in [0.05, 0.1) is 19.3 Å². The van der Waals surface area contributed by atoms with Gasteiger partial charge in [0.25, 0.3) is 0 Å². The average Bonchev–Trinajstić information content (AvgIpc) is 3.38. The van der Waals surface area contributed by atoms with Crippen molar-refractivity contribution in [2.45, 2.75) is 65.1 Å². The van der Waals surface area contributed by atoms with E-state index in [9.17, 15) is 9.59 Å². The molecule has 0 unspecified atom stereocenters. The van der Waals surface area contributed by atoms with Crippen molar-refractivity contribution in [1.82, 2.24) is 14.4 Å². The van der Waals surface area contributed by atoms with Crippen molar-refractivity contribution in [3.63, 3.8) is 0 Å². The van der Waals surface area contributed by atoms with Crippen molar-refractivity contribution >= 4 is 17.6 Å². The molecule has 0 bridgehead atoms. The number of hydrogen-bond acceptors (Lipinski definition) is 3. The molecule has 1 aliphatic rings. The van der Waals surface area contributed by atoms with Crippen LogP contribution >= 0.6 is 0 Å². The number of methoxy groups -OCH3 is 1. The quantitative estimate of drug-likeness (QED) is 0.312. The van der Waals surface area contributed by atoms with Crippen LogP contribution < -0.4 is 10.1 Å². The van der Waals surface area contributed by atoms with Crippen molar-refractivity contribution < 1.29 is 14.3 Å². The topological polar surface area (TPSA) is 66.8 Å². The molecule has 0 spiro atoms. The molecule has 39 heavy (non-hydrogen) atoms. The molecule has 1 N–H and O–H groups in total. The highest BCUT2D eigenvalue weighted by Gasteiger charge is 2.29. The number of carbonyl (C=O) groups is 2. The van der Waals surface area contributed by atoms with E-state index in [0.717, 1.165) is 37.9 Å². The summed E-state index contributed by atoms with van der Waals surface area (Å²) < 4.78 is 7.63. The summed E-state index contributed by atoms with van der Waals surface area (Å²) in [5.74, 6) is 0.794. The van der Waals surface area contributed by atoms with Gasteiger partial charge in [-0.2, -0.15) is 0 Å². The van der Waals surface area contributed by atoms with Crippen LogP contribution in [0.25, 0.3) is 0 Å². The summed E-state index contributed by atoms with van der Waals surface area (Å²) in [5.41, 5.74) is 2.92. The van der Waals surface area contributed by atoms with Crippen molar-refractivity contribution in [2.24, 2.45) is 5.92 Å². The van der Waals surface area contributed by atoms with Gasteiger partial charge in [0.1, 0.15) is 12.3 Å². The Bertz CT molecular complexity index is 1200. The zero-order valence-corrected chi connectivity index (χ0v) is 23.5. The number of para-hydroxylation sites is 2. The Hall–Kier alpha value is -3.74. The third kappa shape index (κ3) is 7.88. The van der Waals surface area contributed by atoms with Crippen LogP contribution in [0.15, 0.2) is 72.9 Å². The second-order valence-electron chi connectivity index (χ2n) is 10.8. The van der Waals surface area contributed by atoms with Gasteiger partial charge in [0.2, 0.25) is 5.91 Å². The zero-order valence-electron chi connectivity index (χ0n) is 23.5. The molecule has 1 heterocycles. The maximum absolute atomic E-state index is 14.0. The standard InChI is InChI=1S/C32H42N4O3/c1-25(2)21-35(32(38)33-29-18-10-11-19-30(29)39-3)24-31(37)36(27-15-8-5-9-16-27)23-28-17-12-20-34(28)22-26-13-6-4-7-14-26/h4,6-7,10-14,17-20,25,27H,5,8-9,15-16,21-24H2,1-3H3,(H,33,38).